The van der Waals surface area contributed by atoms with Crippen LogP contribution in [-0.4, -0.2) is 29.2 Å². The summed E-state index contributed by atoms with van der Waals surface area (Å²) in [4.78, 5) is 12.0. The van der Waals surface area contributed by atoms with E-state index in [4.69, 9.17) is 4.74 Å². The van der Waals surface area contributed by atoms with E-state index in [-0.39, 0.29) is 5.78 Å². The van der Waals surface area contributed by atoms with Gasteiger partial charge in [0.15, 0.2) is 5.78 Å². The molecule has 2 heterocycles. The third-order valence-corrected chi connectivity index (χ3v) is 3.05. The van der Waals surface area contributed by atoms with E-state index in [1.54, 1.807) is 12.4 Å². The second-order valence-electron chi connectivity index (χ2n) is 4.27. The molecule has 0 bridgehead atoms. The van der Waals surface area contributed by atoms with Crippen LogP contribution in [0.15, 0.2) is 12.4 Å². The maximum absolute atomic E-state index is 12.0. The molecule has 16 heavy (non-hydrogen) atoms. The molecule has 0 radical (unpaired) electrons. The van der Waals surface area contributed by atoms with Gasteiger partial charge in [-0.15, -0.1) is 0 Å². The number of carbonyl (C=O) groups excluding carboxylic acids is 1. The highest BCUT2D eigenvalue weighted by Gasteiger charge is 2.19. The molecule has 0 aromatic carbocycles. The third-order valence-electron chi connectivity index (χ3n) is 3.05. The molecule has 0 unspecified atom stereocenters. The number of hydrogen-bond acceptors (Lipinski definition) is 4. The molecule has 4 heteroatoms. The van der Waals surface area contributed by atoms with Crippen LogP contribution in [0, 0.1) is 12.8 Å². The first-order valence-corrected chi connectivity index (χ1v) is 5.65. The Labute approximate surface area is 95.0 Å². The molecule has 1 aliphatic heterocycles. The van der Waals surface area contributed by atoms with Crippen LogP contribution in [0.25, 0.3) is 0 Å². The second-order valence-corrected chi connectivity index (χ2v) is 4.27. The van der Waals surface area contributed by atoms with Gasteiger partial charge in [0.05, 0.1) is 12.4 Å². The average molecular weight is 220 g/mol. The van der Waals surface area contributed by atoms with Crippen LogP contribution in [0.5, 0.6) is 0 Å². The molecule has 2 rings (SSSR count). The van der Waals surface area contributed by atoms with E-state index in [1.807, 2.05) is 6.92 Å². The van der Waals surface area contributed by atoms with Crippen LogP contribution in [0.3, 0.4) is 0 Å². The highest BCUT2D eigenvalue weighted by atomic mass is 16.5. The number of hydrogen-bond donors (Lipinski definition) is 0. The largest absolute Gasteiger partial charge is 0.381 e. The summed E-state index contributed by atoms with van der Waals surface area (Å²) in [5.41, 5.74) is 1.62. The lowest BCUT2D eigenvalue weighted by Crippen LogP contribution is -2.19. The summed E-state index contributed by atoms with van der Waals surface area (Å²) in [5.74, 6) is 0.646. The molecular formula is C12H16N2O2. The van der Waals surface area contributed by atoms with Crippen molar-refractivity contribution in [3.05, 3.63) is 23.5 Å². The van der Waals surface area contributed by atoms with Gasteiger partial charge in [0.25, 0.3) is 0 Å². The molecule has 0 aliphatic carbocycles. The van der Waals surface area contributed by atoms with Gasteiger partial charge in [-0.1, -0.05) is 0 Å². The van der Waals surface area contributed by atoms with Crippen LogP contribution in [0.4, 0.5) is 0 Å². The Balaban J connectivity index is 2.00. The minimum atomic E-state index is 0.180. The molecule has 0 saturated carbocycles. The van der Waals surface area contributed by atoms with Crippen LogP contribution in [0.2, 0.25) is 0 Å². The Kier molecular flexibility index (Phi) is 3.62. The van der Waals surface area contributed by atoms with Gasteiger partial charge in [0.1, 0.15) is 0 Å². The Morgan fingerprint density at radius 1 is 1.38 bits per heavy atom. The fourth-order valence-corrected chi connectivity index (χ4v) is 2.00. The molecule has 1 fully saturated rings. The van der Waals surface area contributed by atoms with Crippen LogP contribution in [-0.2, 0) is 4.74 Å². The molecular weight excluding hydrogens is 204 g/mol. The monoisotopic (exact) mass is 220 g/mol. The van der Waals surface area contributed by atoms with Crippen LogP contribution >= 0.6 is 0 Å². The van der Waals surface area contributed by atoms with E-state index in [1.165, 1.54) is 0 Å². The number of aryl methyl sites for hydroxylation is 1. The maximum Gasteiger partial charge on any atom is 0.165 e. The van der Waals surface area contributed by atoms with E-state index in [0.29, 0.717) is 17.9 Å². The highest BCUT2D eigenvalue weighted by Crippen LogP contribution is 2.21. The highest BCUT2D eigenvalue weighted by molar-refractivity contribution is 5.97. The number of ketones is 1. The molecule has 1 saturated heterocycles. The predicted octanol–water partition coefficient (Wildman–Crippen LogP) is 1.78. The van der Waals surface area contributed by atoms with E-state index in [0.717, 1.165) is 31.6 Å². The lowest BCUT2D eigenvalue weighted by Gasteiger charge is -2.21. The first-order valence-electron chi connectivity index (χ1n) is 5.65. The van der Waals surface area contributed by atoms with E-state index < -0.39 is 0 Å². The third kappa shape index (κ3) is 2.64. The number of Topliss-reactive ketones (excluding diaryl/α,β-unsaturated/α-hetero) is 1. The molecule has 1 aromatic rings. The summed E-state index contributed by atoms with van der Waals surface area (Å²) in [7, 11) is 0. The van der Waals surface area contributed by atoms with Crippen molar-refractivity contribution in [1.82, 2.24) is 10.2 Å². The second kappa shape index (κ2) is 5.16. The van der Waals surface area contributed by atoms with Gasteiger partial charge in [-0.2, -0.15) is 10.2 Å². The normalized spacial score (nSPS) is 17.3. The summed E-state index contributed by atoms with van der Waals surface area (Å²) in [5, 5.41) is 7.52. The number of ether oxygens (including phenoxy) is 1. The first kappa shape index (κ1) is 11.2. The van der Waals surface area contributed by atoms with Crippen molar-refractivity contribution >= 4 is 5.78 Å². The molecule has 0 amide bonds. The minimum absolute atomic E-state index is 0.180. The van der Waals surface area contributed by atoms with Gasteiger partial charge in [-0.3, -0.25) is 4.79 Å². The zero-order valence-electron chi connectivity index (χ0n) is 9.48. The van der Waals surface area contributed by atoms with Crippen molar-refractivity contribution in [3.63, 3.8) is 0 Å². The zero-order chi connectivity index (χ0) is 11.4. The molecule has 0 atom stereocenters. The number of nitrogens with zero attached hydrogens (tertiary/aromatic N) is 2. The van der Waals surface area contributed by atoms with Gasteiger partial charge >= 0.3 is 0 Å². The van der Waals surface area contributed by atoms with Crippen molar-refractivity contribution in [2.24, 2.45) is 5.92 Å². The SMILES string of the molecule is Cc1cnncc1C(=O)CC1CCOCC1. The molecule has 4 nitrogen and oxygen atoms in total. The molecule has 1 aromatic heterocycles. The number of carbonyl (C=O) groups is 1. The van der Waals surface area contributed by atoms with Crippen molar-refractivity contribution < 1.29 is 9.53 Å². The molecule has 86 valence electrons. The van der Waals surface area contributed by atoms with Crippen molar-refractivity contribution in [3.8, 4) is 0 Å². The molecule has 1 aliphatic rings. The predicted molar refractivity (Wildman–Crippen MR) is 59.3 cm³/mol. The Hall–Kier alpha value is -1.29. The summed E-state index contributed by atoms with van der Waals surface area (Å²) in [6.07, 6.45) is 5.79. The quantitative estimate of drug-likeness (QED) is 0.729. The Bertz CT molecular complexity index is 373. The maximum atomic E-state index is 12.0. The standard InChI is InChI=1S/C12H16N2O2/c1-9-7-13-14-8-11(9)12(15)6-10-2-4-16-5-3-10/h7-8,10H,2-6H2,1H3. The smallest absolute Gasteiger partial charge is 0.165 e. The van der Waals surface area contributed by atoms with Gasteiger partial charge < -0.3 is 4.74 Å². The fraction of sp³-hybridized carbons (Fsp3) is 0.583. The van der Waals surface area contributed by atoms with E-state index in [2.05, 4.69) is 10.2 Å². The lowest BCUT2D eigenvalue weighted by atomic mass is 9.91. The molecule has 0 N–H and O–H groups in total. The topological polar surface area (TPSA) is 52.1 Å². The summed E-state index contributed by atoms with van der Waals surface area (Å²) < 4.78 is 5.28. The fourth-order valence-electron chi connectivity index (χ4n) is 2.00. The minimum Gasteiger partial charge on any atom is -0.381 e. The number of rotatable bonds is 3. The van der Waals surface area contributed by atoms with Gasteiger partial charge in [0, 0.05) is 25.2 Å². The van der Waals surface area contributed by atoms with Crippen LogP contribution < -0.4 is 0 Å². The zero-order valence-corrected chi connectivity index (χ0v) is 9.48. The average Bonchev–Trinajstić information content (AvgIpc) is 2.31. The summed E-state index contributed by atoms with van der Waals surface area (Å²) >= 11 is 0. The van der Waals surface area contributed by atoms with E-state index in [9.17, 15) is 4.79 Å². The van der Waals surface area contributed by atoms with Gasteiger partial charge in [-0.05, 0) is 31.2 Å². The Morgan fingerprint density at radius 2 is 2.06 bits per heavy atom. The molecule has 0 spiro atoms. The summed E-state index contributed by atoms with van der Waals surface area (Å²) in [6, 6.07) is 0. The van der Waals surface area contributed by atoms with Crippen LogP contribution in [0.1, 0.15) is 35.2 Å². The Morgan fingerprint density at radius 3 is 2.75 bits per heavy atom. The van der Waals surface area contributed by atoms with E-state index >= 15 is 0 Å². The van der Waals surface area contributed by atoms with Crippen molar-refractivity contribution in [2.45, 2.75) is 26.2 Å². The summed E-state index contributed by atoms with van der Waals surface area (Å²) in [6.45, 7) is 3.46. The van der Waals surface area contributed by atoms with Crippen molar-refractivity contribution in [1.29, 1.82) is 0 Å². The van der Waals surface area contributed by atoms with Crippen molar-refractivity contribution in [2.75, 3.05) is 13.2 Å². The number of aromatic nitrogens is 2. The van der Waals surface area contributed by atoms with Gasteiger partial charge in [-0.25, -0.2) is 0 Å². The first-order chi connectivity index (χ1) is 7.77. The van der Waals surface area contributed by atoms with Gasteiger partial charge in [0.2, 0.25) is 0 Å². The lowest BCUT2D eigenvalue weighted by molar-refractivity contribution is 0.0600.